The Labute approximate surface area is 153 Å². The summed E-state index contributed by atoms with van der Waals surface area (Å²) in [6, 6.07) is 0. The van der Waals surface area contributed by atoms with Crippen LogP contribution in [0.25, 0.3) is 0 Å². The predicted molar refractivity (Wildman–Crippen MR) is 91.9 cm³/mol. The number of rotatable bonds is 1. The monoisotopic (exact) mass is 364 g/mol. The van der Waals surface area contributed by atoms with Crippen molar-refractivity contribution in [3.8, 4) is 0 Å². The summed E-state index contributed by atoms with van der Waals surface area (Å²) in [5.41, 5.74) is -6.25. The summed E-state index contributed by atoms with van der Waals surface area (Å²) in [4.78, 5) is 27.1. The molecule has 6 nitrogen and oxygen atoms in total. The zero-order valence-electron chi connectivity index (χ0n) is 16.0. The van der Waals surface area contributed by atoms with Gasteiger partial charge in [-0.05, 0) is 50.2 Å². The smallest absolute Gasteiger partial charge is 0.186 e. The molecular formula is C20H28O6. The summed E-state index contributed by atoms with van der Waals surface area (Å²) in [5, 5.41) is 34.3. The molecule has 26 heavy (non-hydrogen) atoms. The van der Waals surface area contributed by atoms with E-state index >= 15 is 0 Å². The Morgan fingerprint density at radius 3 is 2.42 bits per heavy atom. The molecule has 0 aromatic carbocycles. The second kappa shape index (κ2) is 4.66. The van der Waals surface area contributed by atoms with Gasteiger partial charge in [-0.3, -0.25) is 9.59 Å². The number of hydrogen-bond donors (Lipinski definition) is 3. The fourth-order valence-electron chi connectivity index (χ4n) is 6.22. The highest BCUT2D eigenvalue weighted by atomic mass is 16.7. The molecule has 2 heterocycles. The second-order valence-corrected chi connectivity index (χ2v) is 9.52. The summed E-state index contributed by atoms with van der Waals surface area (Å²) in [7, 11) is 0. The summed E-state index contributed by atoms with van der Waals surface area (Å²) >= 11 is 0. The molecule has 4 aliphatic rings. The largest absolute Gasteiger partial charge is 0.389 e. The van der Waals surface area contributed by atoms with Crippen LogP contribution in [0.4, 0.5) is 0 Å². The first-order valence-electron chi connectivity index (χ1n) is 9.46. The van der Waals surface area contributed by atoms with Crippen LogP contribution in [-0.4, -0.2) is 50.0 Å². The lowest BCUT2D eigenvalue weighted by Crippen LogP contribution is -2.78. The molecule has 6 heteroatoms. The number of aliphatic hydroxyl groups excluding tert-OH is 1. The van der Waals surface area contributed by atoms with E-state index in [4.69, 9.17) is 4.74 Å². The van der Waals surface area contributed by atoms with E-state index in [-0.39, 0.29) is 30.5 Å². The number of hydrogen-bond acceptors (Lipinski definition) is 6. The van der Waals surface area contributed by atoms with Gasteiger partial charge >= 0.3 is 0 Å². The van der Waals surface area contributed by atoms with Crippen molar-refractivity contribution in [2.75, 3.05) is 0 Å². The summed E-state index contributed by atoms with van der Waals surface area (Å²) in [6.07, 6.45) is 0.598. The molecule has 1 spiro atoms. The van der Waals surface area contributed by atoms with E-state index in [1.54, 1.807) is 20.8 Å². The van der Waals surface area contributed by atoms with Gasteiger partial charge in [0.25, 0.3) is 0 Å². The average Bonchev–Trinajstić information content (AvgIpc) is 2.67. The van der Waals surface area contributed by atoms with Gasteiger partial charge in [0.05, 0.1) is 11.5 Å². The van der Waals surface area contributed by atoms with Gasteiger partial charge in [0.15, 0.2) is 23.0 Å². The molecule has 1 saturated carbocycles. The Bertz CT molecular complexity index is 757. The third-order valence-corrected chi connectivity index (χ3v) is 7.97. The van der Waals surface area contributed by atoms with Gasteiger partial charge in [-0.2, -0.15) is 0 Å². The van der Waals surface area contributed by atoms with E-state index in [0.717, 1.165) is 0 Å². The van der Waals surface area contributed by atoms with Crippen LogP contribution in [0.3, 0.4) is 0 Å². The van der Waals surface area contributed by atoms with Gasteiger partial charge in [-0.1, -0.05) is 20.8 Å². The molecular weight excluding hydrogens is 336 g/mol. The maximum atomic E-state index is 13.8. The van der Waals surface area contributed by atoms with Crippen molar-refractivity contribution in [3.05, 3.63) is 11.6 Å². The van der Waals surface area contributed by atoms with Gasteiger partial charge in [-0.25, -0.2) is 0 Å². The van der Waals surface area contributed by atoms with Crippen molar-refractivity contribution >= 4 is 11.6 Å². The van der Waals surface area contributed by atoms with E-state index < -0.39 is 39.7 Å². The number of carbonyl (C=O) groups excluding carboxylic acids is 2. The topological polar surface area (TPSA) is 104 Å². The average molecular weight is 364 g/mol. The summed E-state index contributed by atoms with van der Waals surface area (Å²) < 4.78 is 6.00. The number of carbonyl (C=O) groups is 2. The van der Waals surface area contributed by atoms with Crippen LogP contribution in [0.15, 0.2) is 11.6 Å². The minimum atomic E-state index is -1.99. The Balaban J connectivity index is 2.13. The lowest BCUT2D eigenvalue weighted by molar-refractivity contribution is -0.375. The van der Waals surface area contributed by atoms with Crippen molar-refractivity contribution in [1.82, 2.24) is 0 Å². The van der Waals surface area contributed by atoms with Gasteiger partial charge in [-0.15, -0.1) is 0 Å². The molecule has 3 bridgehead atoms. The van der Waals surface area contributed by atoms with Crippen LogP contribution in [0.1, 0.15) is 53.9 Å². The SMILES string of the molecule is CC(C)C1=CC(=O)C2(C)CC3(O)OC4(C(=O)C13C)C(O)C(C)CCC24O. The highest BCUT2D eigenvalue weighted by molar-refractivity contribution is 6.08. The van der Waals surface area contributed by atoms with Crippen LogP contribution >= 0.6 is 0 Å². The molecule has 0 aromatic rings. The molecule has 7 atom stereocenters. The standard InChI is InChI=1S/C20H28O6/c1-10(2)12-8-13(21)16(4)9-19(25)17(12,5)15(23)20(26-19)14(22)11(3)6-7-18(16,20)24/h8,10-11,14,22,24-25H,6-7,9H2,1-5H3. The molecule has 3 fully saturated rings. The predicted octanol–water partition coefficient (Wildman–Crippen LogP) is 1.12. The Kier molecular flexibility index (Phi) is 3.28. The van der Waals surface area contributed by atoms with Crippen molar-refractivity contribution in [2.24, 2.45) is 22.7 Å². The lowest BCUT2D eigenvalue weighted by atomic mass is 9.51. The second-order valence-electron chi connectivity index (χ2n) is 9.52. The van der Waals surface area contributed by atoms with Crippen LogP contribution < -0.4 is 0 Å². The molecule has 0 aromatic heterocycles. The zero-order valence-corrected chi connectivity index (χ0v) is 16.0. The molecule has 0 amide bonds. The van der Waals surface area contributed by atoms with Crippen LogP contribution in [0, 0.1) is 22.7 Å². The van der Waals surface area contributed by atoms with Crippen molar-refractivity contribution in [1.29, 1.82) is 0 Å². The van der Waals surface area contributed by atoms with Crippen LogP contribution in [-0.2, 0) is 14.3 Å². The molecule has 7 unspecified atom stereocenters. The van der Waals surface area contributed by atoms with Gasteiger partial charge in [0.2, 0.25) is 0 Å². The Hall–Kier alpha value is -1.08. The first-order valence-corrected chi connectivity index (χ1v) is 9.46. The third kappa shape index (κ3) is 1.49. The van der Waals surface area contributed by atoms with Gasteiger partial charge in [0.1, 0.15) is 11.0 Å². The quantitative estimate of drug-likeness (QED) is 0.644. The third-order valence-electron chi connectivity index (χ3n) is 7.97. The highest BCUT2D eigenvalue weighted by Crippen LogP contribution is 2.71. The molecule has 144 valence electrons. The number of aliphatic hydroxyl groups is 3. The number of ether oxygens (including phenoxy) is 1. The van der Waals surface area contributed by atoms with E-state index in [0.29, 0.717) is 12.0 Å². The number of ketones is 2. The minimum Gasteiger partial charge on any atom is -0.389 e. The maximum Gasteiger partial charge on any atom is 0.186 e. The van der Waals surface area contributed by atoms with Gasteiger partial charge in [0, 0.05) is 6.42 Å². The molecule has 4 rings (SSSR count). The van der Waals surface area contributed by atoms with Crippen molar-refractivity contribution in [2.45, 2.75) is 77.0 Å². The molecule has 0 radical (unpaired) electrons. The Morgan fingerprint density at radius 2 is 1.85 bits per heavy atom. The van der Waals surface area contributed by atoms with Crippen LogP contribution in [0.5, 0.6) is 0 Å². The van der Waals surface area contributed by atoms with E-state index in [9.17, 15) is 24.9 Å². The van der Waals surface area contributed by atoms with Crippen molar-refractivity contribution < 1.29 is 29.6 Å². The normalized spacial score (nSPS) is 55.8. The Morgan fingerprint density at radius 1 is 1.23 bits per heavy atom. The van der Waals surface area contributed by atoms with E-state index in [1.165, 1.54) is 6.08 Å². The molecule has 2 aliphatic heterocycles. The fraction of sp³-hybridized carbons (Fsp3) is 0.800. The van der Waals surface area contributed by atoms with E-state index in [1.807, 2.05) is 13.8 Å². The summed E-state index contributed by atoms with van der Waals surface area (Å²) in [5.74, 6) is -3.23. The highest BCUT2D eigenvalue weighted by Gasteiger charge is 2.87. The minimum absolute atomic E-state index is 0.163. The van der Waals surface area contributed by atoms with Gasteiger partial charge < -0.3 is 20.1 Å². The first kappa shape index (κ1) is 18.3. The van der Waals surface area contributed by atoms with Crippen LogP contribution in [0.2, 0.25) is 0 Å². The summed E-state index contributed by atoms with van der Waals surface area (Å²) in [6.45, 7) is 8.70. The number of Topliss-reactive ketones (excluding diaryl/α,β-unsaturated/α-hetero) is 1. The number of allylic oxidation sites excluding steroid dienone is 1. The first-order chi connectivity index (χ1) is 11.8. The number of fused-ring (bicyclic) bond motifs is 2. The fourth-order valence-corrected chi connectivity index (χ4v) is 6.22. The van der Waals surface area contributed by atoms with E-state index in [2.05, 4.69) is 0 Å². The zero-order chi connectivity index (χ0) is 19.5. The lowest BCUT2D eigenvalue weighted by Gasteiger charge is -2.61. The maximum absolute atomic E-state index is 13.8. The van der Waals surface area contributed by atoms with Crippen molar-refractivity contribution in [3.63, 3.8) is 0 Å². The molecule has 2 saturated heterocycles. The molecule has 2 aliphatic carbocycles. The molecule has 3 N–H and O–H groups in total.